The Labute approximate surface area is 124 Å². The van der Waals surface area contributed by atoms with E-state index in [4.69, 9.17) is 0 Å². The first-order valence-electron chi connectivity index (χ1n) is 7.46. The molecule has 2 fully saturated rings. The minimum atomic E-state index is -0.811. The van der Waals surface area contributed by atoms with E-state index >= 15 is 0 Å². The third kappa shape index (κ3) is 2.55. The van der Waals surface area contributed by atoms with Gasteiger partial charge in [0.15, 0.2) is 0 Å². The zero-order valence-electron chi connectivity index (χ0n) is 12.5. The normalized spacial score (nSPS) is 30.2. The van der Waals surface area contributed by atoms with Gasteiger partial charge in [0.05, 0.1) is 5.92 Å². The maximum atomic E-state index is 12.5. The topological polar surface area (TPSA) is 57.6 Å². The van der Waals surface area contributed by atoms with Crippen LogP contribution in [-0.4, -0.2) is 35.0 Å². The van der Waals surface area contributed by atoms with Crippen molar-refractivity contribution in [1.82, 2.24) is 4.90 Å². The second-order valence-electron chi connectivity index (χ2n) is 6.95. The lowest BCUT2D eigenvalue weighted by Crippen LogP contribution is -2.32. The predicted molar refractivity (Wildman–Crippen MR) is 78.8 cm³/mol. The van der Waals surface area contributed by atoms with Crippen molar-refractivity contribution < 1.29 is 14.7 Å². The van der Waals surface area contributed by atoms with Crippen molar-refractivity contribution in [3.05, 3.63) is 35.9 Å². The zero-order valence-corrected chi connectivity index (χ0v) is 12.5. The monoisotopic (exact) mass is 287 g/mol. The van der Waals surface area contributed by atoms with Crippen LogP contribution in [0.5, 0.6) is 0 Å². The molecule has 1 aromatic carbocycles. The molecule has 2 aliphatic rings. The molecule has 21 heavy (non-hydrogen) atoms. The van der Waals surface area contributed by atoms with Gasteiger partial charge in [0.2, 0.25) is 5.91 Å². The molecule has 0 radical (unpaired) electrons. The Bertz CT molecular complexity index is 567. The summed E-state index contributed by atoms with van der Waals surface area (Å²) in [6.45, 7) is 5.04. The number of benzene rings is 1. The lowest BCUT2D eigenvalue weighted by atomic mass is 9.89. The van der Waals surface area contributed by atoms with Gasteiger partial charge in [-0.1, -0.05) is 44.2 Å². The molecule has 0 spiro atoms. The predicted octanol–water partition coefficient (Wildman–Crippen LogP) is 2.36. The smallest absolute Gasteiger partial charge is 0.308 e. The van der Waals surface area contributed by atoms with E-state index in [1.165, 1.54) is 0 Å². The van der Waals surface area contributed by atoms with Crippen LogP contribution in [0, 0.1) is 17.3 Å². The van der Waals surface area contributed by atoms with Gasteiger partial charge in [-0.05, 0) is 17.4 Å². The molecular formula is C17H21NO3. The van der Waals surface area contributed by atoms with Gasteiger partial charge < -0.3 is 10.0 Å². The van der Waals surface area contributed by atoms with E-state index < -0.39 is 11.9 Å². The summed E-state index contributed by atoms with van der Waals surface area (Å²) in [6.07, 6.45) is 0.913. The van der Waals surface area contributed by atoms with Crippen molar-refractivity contribution in [1.29, 1.82) is 0 Å². The third-order valence-corrected chi connectivity index (χ3v) is 4.99. The van der Waals surface area contributed by atoms with Crippen LogP contribution in [-0.2, 0) is 9.59 Å². The van der Waals surface area contributed by atoms with Gasteiger partial charge in [0, 0.05) is 24.9 Å². The molecule has 4 nitrogen and oxygen atoms in total. The van der Waals surface area contributed by atoms with E-state index in [9.17, 15) is 14.7 Å². The summed E-state index contributed by atoms with van der Waals surface area (Å²) in [6, 6.07) is 9.67. The summed E-state index contributed by atoms with van der Waals surface area (Å²) < 4.78 is 0. The Morgan fingerprint density at radius 3 is 2.33 bits per heavy atom. The molecule has 1 amide bonds. The maximum absolute atomic E-state index is 12.5. The van der Waals surface area contributed by atoms with Gasteiger partial charge in [-0.25, -0.2) is 0 Å². The van der Waals surface area contributed by atoms with E-state index in [1.54, 1.807) is 4.90 Å². The first-order chi connectivity index (χ1) is 9.90. The number of carboxylic acid groups (broad SMARTS) is 1. The molecule has 1 N–H and O–H groups in total. The molecule has 0 aromatic heterocycles. The number of carbonyl (C=O) groups excluding carboxylic acids is 1. The van der Waals surface area contributed by atoms with Crippen LogP contribution in [0.4, 0.5) is 0 Å². The third-order valence-electron chi connectivity index (χ3n) is 4.99. The van der Waals surface area contributed by atoms with Gasteiger partial charge in [0.1, 0.15) is 0 Å². The van der Waals surface area contributed by atoms with E-state index in [1.807, 2.05) is 30.3 Å². The van der Waals surface area contributed by atoms with Crippen LogP contribution >= 0.6 is 0 Å². The molecule has 0 bridgehead atoms. The Morgan fingerprint density at radius 1 is 1.19 bits per heavy atom. The fourth-order valence-electron chi connectivity index (χ4n) is 3.38. The van der Waals surface area contributed by atoms with E-state index in [0.29, 0.717) is 13.1 Å². The van der Waals surface area contributed by atoms with Gasteiger partial charge >= 0.3 is 5.97 Å². The summed E-state index contributed by atoms with van der Waals surface area (Å²) >= 11 is 0. The number of likely N-dealkylation sites (tertiary alicyclic amines) is 1. The molecule has 112 valence electrons. The van der Waals surface area contributed by atoms with E-state index in [2.05, 4.69) is 13.8 Å². The molecule has 1 aliphatic carbocycles. The highest BCUT2D eigenvalue weighted by molar-refractivity contribution is 5.84. The van der Waals surface area contributed by atoms with Crippen molar-refractivity contribution >= 4 is 11.9 Å². The van der Waals surface area contributed by atoms with Crippen LogP contribution in [0.1, 0.15) is 31.7 Å². The lowest BCUT2D eigenvalue weighted by Gasteiger charge is -2.17. The average molecular weight is 287 g/mol. The molecular weight excluding hydrogens is 266 g/mol. The summed E-state index contributed by atoms with van der Waals surface area (Å²) in [7, 11) is 0. The lowest BCUT2D eigenvalue weighted by molar-refractivity contribution is -0.142. The highest BCUT2D eigenvalue weighted by Gasteiger charge is 2.53. The molecule has 3 atom stereocenters. The number of aliphatic carboxylic acids is 1. The largest absolute Gasteiger partial charge is 0.481 e. The van der Waals surface area contributed by atoms with Crippen molar-refractivity contribution in [3.8, 4) is 0 Å². The number of amides is 1. The van der Waals surface area contributed by atoms with Crippen LogP contribution in [0.2, 0.25) is 0 Å². The summed E-state index contributed by atoms with van der Waals surface area (Å²) in [5.74, 6) is -1.21. The standard InChI is InChI=1S/C17H21NO3/c1-17(2)8-14(17)15(19)18-9-12(13(10-18)16(20)21)11-6-4-3-5-7-11/h3-7,12-14H,8-10H2,1-2H3,(H,20,21). The summed E-state index contributed by atoms with van der Waals surface area (Å²) in [5.41, 5.74) is 1.09. The van der Waals surface area contributed by atoms with Gasteiger partial charge in [-0.3, -0.25) is 9.59 Å². The van der Waals surface area contributed by atoms with Crippen molar-refractivity contribution in [2.45, 2.75) is 26.2 Å². The van der Waals surface area contributed by atoms with Gasteiger partial charge in [-0.15, -0.1) is 0 Å². The Hall–Kier alpha value is -1.84. The molecule has 1 saturated carbocycles. The van der Waals surface area contributed by atoms with E-state index in [-0.39, 0.29) is 23.2 Å². The second-order valence-corrected chi connectivity index (χ2v) is 6.95. The van der Waals surface area contributed by atoms with Gasteiger partial charge in [-0.2, -0.15) is 0 Å². The summed E-state index contributed by atoms with van der Waals surface area (Å²) in [4.78, 5) is 25.8. The van der Waals surface area contributed by atoms with Crippen LogP contribution < -0.4 is 0 Å². The van der Waals surface area contributed by atoms with Crippen molar-refractivity contribution in [2.24, 2.45) is 17.3 Å². The molecule has 1 heterocycles. The quantitative estimate of drug-likeness (QED) is 0.928. The minimum Gasteiger partial charge on any atom is -0.481 e. The molecule has 1 saturated heterocycles. The number of hydrogen-bond acceptors (Lipinski definition) is 2. The number of rotatable bonds is 3. The fraction of sp³-hybridized carbons (Fsp3) is 0.529. The molecule has 4 heteroatoms. The zero-order chi connectivity index (χ0) is 15.2. The van der Waals surface area contributed by atoms with Crippen molar-refractivity contribution in [3.63, 3.8) is 0 Å². The van der Waals surface area contributed by atoms with Crippen LogP contribution in [0.3, 0.4) is 0 Å². The van der Waals surface area contributed by atoms with E-state index in [0.717, 1.165) is 12.0 Å². The Kier molecular flexibility index (Phi) is 3.27. The molecule has 1 aliphatic heterocycles. The number of carboxylic acids is 1. The Morgan fingerprint density at radius 2 is 1.81 bits per heavy atom. The van der Waals surface area contributed by atoms with Gasteiger partial charge in [0.25, 0.3) is 0 Å². The maximum Gasteiger partial charge on any atom is 0.308 e. The summed E-state index contributed by atoms with van der Waals surface area (Å²) in [5, 5.41) is 9.46. The molecule has 1 aromatic rings. The highest BCUT2D eigenvalue weighted by atomic mass is 16.4. The number of hydrogen-bond donors (Lipinski definition) is 1. The van der Waals surface area contributed by atoms with Crippen molar-refractivity contribution in [2.75, 3.05) is 13.1 Å². The van der Waals surface area contributed by atoms with Crippen LogP contribution in [0.25, 0.3) is 0 Å². The average Bonchev–Trinajstić information content (AvgIpc) is 2.89. The first-order valence-corrected chi connectivity index (χ1v) is 7.46. The molecule has 3 rings (SSSR count). The highest BCUT2D eigenvalue weighted by Crippen LogP contribution is 2.53. The second kappa shape index (κ2) is 4.86. The SMILES string of the molecule is CC1(C)CC1C(=O)N1CC(C(=O)O)C(c2ccccc2)C1. The number of carbonyl (C=O) groups is 2. The fourth-order valence-corrected chi connectivity index (χ4v) is 3.38. The van der Waals surface area contributed by atoms with Crippen LogP contribution in [0.15, 0.2) is 30.3 Å². The molecule has 3 unspecified atom stereocenters. The minimum absolute atomic E-state index is 0.0708. The Balaban J connectivity index is 1.79. The first kappa shape index (κ1) is 14.1. The number of nitrogens with zero attached hydrogens (tertiary/aromatic N) is 1.